The minimum Gasteiger partial charge on any atom is -0.380 e. The largest absolute Gasteiger partial charge is 0.380 e. The molecule has 0 bridgehead atoms. The predicted octanol–water partition coefficient (Wildman–Crippen LogP) is 2.31. The first kappa shape index (κ1) is 8.88. The molecule has 1 unspecified atom stereocenters. The zero-order valence-corrected chi connectivity index (χ0v) is 8.60. The van der Waals surface area contributed by atoms with Gasteiger partial charge in [0, 0.05) is 18.0 Å². The number of hydrogen-bond acceptors (Lipinski definition) is 3. The number of nitrogens with one attached hydrogen (secondary N) is 1. The van der Waals surface area contributed by atoms with Gasteiger partial charge in [0.25, 0.3) is 0 Å². The van der Waals surface area contributed by atoms with Gasteiger partial charge in [-0.05, 0) is 31.2 Å². The Labute approximate surface area is 83.1 Å². The molecule has 13 heavy (non-hydrogen) atoms. The lowest BCUT2D eigenvalue weighted by molar-refractivity contribution is 0.810. The topological polar surface area (TPSA) is 24.9 Å². The maximum Gasteiger partial charge on any atom is 0.0603 e. The first-order valence-electron chi connectivity index (χ1n) is 4.62. The zero-order chi connectivity index (χ0) is 9.10. The molecule has 0 aromatic carbocycles. The molecule has 2 rings (SSSR count). The third-order valence-electron chi connectivity index (χ3n) is 2.30. The van der Waals surface area contributed by atoms with E-state index in [-0.39, 0.29) is 0 Å². The Hall–Kier alpha value is -0.700. The number of pyridine rings is 1. The maximum atomic E-state index is 4.25. The van der Waals surface area contributed by atoms with Crippen molar-refractivity contribution in [2.45, 2.75) is 19.4 Å². The highest BCUT2D eigenvalue weighted by Crippen LogP contribution is 2.22. The molecule has 0 radical (unpaired) electrons. The Bertz CT molecular complexity index is 282. The molecule has 0 aliphatic carbocycles. The number of thioether (sulfide) groups is 1. The van der Waals surface area contributed by atoms with Gasteiger partial charge in [-0.25, -0.2) is 0 Å². The monoisotopic (exact) mass is 194 g/mol. The molecule has 0 spiro atoms. The van der Waals surface area contributed by atoms with E-state index in [0.717, 1.165) is 5.69 Å². The molecule has 1 aromatic rings. The number of aryl methyl sites for hydroxylation is 1. The van der Waals surface area contributed by atoms with E-state index in [4.69, 9.17) is 0 Å². The SMILES string of the molecule is Cc1ncccc1NC1CCSC1. The second-order valence-corrected chi connectivity index (χ2v) is 4.49. The van der Waals surface area contributed by atoms with Crippen LogP contribution in [0, 0.1) is 6.92 Å². The van der Waals surface area contributed by atoms with Crippen LogP contribution in [0.3, 0.4) is 0 Å². The lowest BCUT2D eigenvalue weighted by Crippen LogP contribution is -2.18. The summed E-state index contributed by atoms with van der Waals surface area (Å²) in [5, 5.41) is 3.53. The van der Waals surface area contributed by atoms with Crippen molar-refractivity contribution >= 4 is 17.4 Å². The van der Waals surface area contributed by atoms with Crippen LogP contribution >= 0.6 is 11.8 Å². The summed E-state index contributed by atoms with van der Waals surface area (Å²) < 4.78 is 0. The van der Waals surface area contributed by atoms with Crippen LogP contribution < -0.4 is 5.32 Å². The molecule has 1 atom stereocenters. The van der Waals surface area contributed by atoms with Gasteiger partial charge in [0.15, 0.2) is 0 Å². The van der Waals surface area contributed by atoms with Gasteiger partial charge in [0.1, 0.15) is 0 Å². The Balaban J connectivity index is 2.04. The molecular formula is C10H14N2S. The Morgan fingerprint density at radius 2 is 2.54 bits per heavy atom. The van der Waals surface area contributed by atoms with Crippen molar-refractivity contribution in [3.8, 4) is 0 Å². The first-order chi connectivity index (χ1) is 6.36. The van der Waals surface area contributed by atoms with E-state index >= 15 is 0 Å². The molecule has 1 aliphatic rings. The fraction of sp³-hybridized carbons (Fsp3) is 0.500. The highest BCUT2D eigenvalue weighted by molar-refractivity contribution is 7.99. The van der Waals surface area contributed by atoms with Crippen LogP contribution in [0.15, 0.2) is 18.3 Å². The van der Waals surface area contributed by atoms with Crippen LogP contribution in [0.1, 0.15) is 12.1 Å². The van der Waals surface area contributed by atoms with Gasteiger partial charge in [0.05, 0.1) is 11.4 Å². The van der Waals surface area contributed by atoms with Gasteiger partial charge in [-0.3, -0.25) is 4.98 Å². The third kappa shape index (κ3) is 2.15. The molecular weight excluding hydrogens is 180 g/mol. The minimum atomic E-state index is 0.646. The van der Waals surface area contributed by atoms with Crippen molar-refractivity contribution in [2.24, 2.45) is 0 Å². The molecule has 1 N–H and O–H groups in total. The standard InChI is InChI=1S/C10H14N2S/c1-8-10(3-2-5-11-8)12-9-4-6-13-7-9/h2-3,5,9,12H,4,6-7H2,1H3. The fourth-order valence-corrected chi connectivity index (χ4v) is 2.66. The first-order valence-corrected chi connectivity index (χ1v) is 5.77. The summed E-state index contributed by atoms with van der Waals surface area (Å²) in [6.45, 7) is 2.05. The summed E-state index contributed by atoms with van der Waals surface area (Å²) in [7, 11) is 0. The van der Waals surface area contributed by atoms with E-state index in [2.05, 4.69) is 16.4 Å². The van der Waals surface area contributed by atoms with E-state index in [1.165, 1.54) is 23.6 Å². The van der Waals surface area contributed by atoms with Gasteiger partial charge in [-0.1, -0.05) is 0 Å². The summed E-state index contributed by atoms with van der Waals surface area (Å²) in [4.78, 5) is 4.25. The van der Waals surface area contributed by atoms with Gasteiger partial charge in [-0.2, -0.15) is 11.8 Å². The smallest absolute Gasteiger partial charge is 0.0603 e. The fourth-order valence-electron chi connectivity index (χ4n) is 1.51. The molecule has 70 valence electrons. The molecule has 1 aliphatic heterocycles. The lowest BCUT2D eigenvalue weighted by Gasteiger charge is -2.13. The molecule has 1 fully saturated rings. The van der Waals surface area contributed by atoms with E-state index < -0.39 is 0 Å². The van der Waals surface area contributed by atoms with E-state index in [0.29, 0.717) is 6.04 Å². The van der Waals surface area contributed by atoms with Gasteiger partial charge in [-0.15, -0.1) is 0 Å². The Morgan fingerprint density at radius 1 is 1.62 bits per heavy atom. The van der Waals surface area contributed by atoms with Crippen LogP contribution in [-0.4, -0.2) is 22.5 Å². The third-order valence-corrected chi connectivity index (χ3v) is 3.46. The van der Waals surface area contributed by atoms with Crippen LogP contribution in [0.2, 0.25) is 0 Å². The molecule has 1 saturated heterocycles. The predicted molar refractivity (Wildman–Crippen MR) is 58.3 cm³/mol. The highest BCUT2D eigenvalue weighted by Gasteiger charge is 2.15. The van der Waals surface area contributed by atoms with Crippen molar-refractivity contribution in [1.82, 2.24) is 4.98 Å². The number of nitrogens with zero attached hydrogens (tertiary/aromatic N) is 1. The molecule has 0 amide bonds. The van der Waals surface area contributed by atoms with E-state index in [1.54, 1.807) is 0 Å². The Kier molecular flexibility index (Phi) is 2.74. The van der Waals surface area contributed by atoms with Gasteiger partial charge in [0.2, 0.25) is 0 Å². The molecule has 3 heteroatoms. The summed E-state index contributed by atoms with van der Waals surface area (Å²) in [5.41, 5.74) is 2.29. The Morgan fingerprint density at radius 3 is 3.23 bits per heavy atom. The molecule has 0 saturated carbocycles. The van der Waals surface area contributed by atoms with Gasteiger partial charge < -0.3 is 5.32 Å². The molecule has 1 aromatic heterocycles. The van der Waals surface area contributed by atoms with Crippen molar-refractivity contribution in [2.75, 3.05) is 16.8 Å². The van der Waals surface area contributed by atoms with Crippen molar-refractivity contribution < 1.29 is 0 Å². The summed E-state index contributed by atoms with van der Waals surface area (Å²) in [5.74, 6) is 2.52. The second-order valence-electron chi connectivity index (χ2n) is 3.34. The van der Waals surface area contributed by atoms with Crippen molar-refractivity contribution in [1.29, 1.82) is 0 Å². The van der Waals surface area contributed by atoms with Crippen molar-refractivity contribution in [3.63, 3.8) is 0 Å². The molecule has 2 heterocycles. The zero-order valence-electron chi connectivity index (χ0n) is 7.79. The van der Waals surface area contributed by atoms with Gasteiger partial charge >= 0.3 is 0 Å². The summed E-state index contributed by atoms with van der Waals surface area (Å²) in [6, 6.07) is 4.73. The highest BCUT2D eigenvalue weighted by atomic mass is 32.2. The van der Waals surface area contributed by atoms with Crippen LogP contribution in [-0.2, 0) is 0 Å². The number of anilines is 1. The minimum absolute atomic E-state index is 0.646. The van der Waals surface area contributed by atoms with E-state index in [9.17, 15) is 0 Å². The van der Waals surface area contributed by atoms with Crippen molar-refractivity contribution in [3.05, 3.63) is 24.0 Å². The maximum absolute atomic E-state index is 4.25. The number of rotatable bonds is 2. The second kappa shape index (κ2) is 4.01. The average molecular weight is 194 g/mol. The van der Waals surface area contributed by atoms with Crippen LogP contribution in [0.5, 0.6) is 0 Å². The van der Waals surface area contributed by atoms with Crippen LogP contribution in [0.25, 0.3) is 0 Å². The average Bonchev–Trinajstić information content (AvgIpc) is 2.61. The summed E-state index contributed by atoms with van der Waals surface area (Å²) in [6.07, 6.45) is 3.11. The summed E-state index contributed by atoms with van der Waals surface area (Å²) >= 11 is 2.02. The van der Waals surface area contributed by atoms with Crippen LogP contribution in [0.4, 0.5) is 5.69 Å². The molecule has 2 nitrogen and oxygen atoms in total. The lowest BCUT2D eigenvalue weighted by atomic mass is 10.2. The normalized spacial score (nSPS) is 21.8. The number of hydrogen-bond donors (Lipinski definition) is 1. The quantitative estimate of drug-likeness (QED) is 0.782. The van der Waals surface area contributed by atoms with E-state index in [1.807, 2.05) is 30.9 Å². The number of aromatic nitrogens is 1.